The second-order valence-corrected chi connectivity index (χ2v) is 7.76. The van der Waals surface area contributed by atoms with Crippen LogP contribution in [0.5, 0.6) is 17.2 Å². The van der Waals surface area contributed by atoms with Crippen LogP contribution in [0.15, 0.2) is 48.5 Å². The number of morpholine rings is 1. The minimum atomic E-state index is -0.615. The number of hydrogen-bond donors (Lipinski definition) is 1. The molecule has 0 unspecified atom stereocenters. The number of rotatable bonds is 11. The lowest BCUT2D eigenvalue weighted by molar-refractivity contribution is -0.137. The summed E-state index contributed by atoms with van der Waals surface area (Å²) >= 11 is 0. The normalized spacial score (nSPS) is 14.8. The Morgan fingerprint density at radius 3 is 2.28 bits per heavy atom. The Labute approximate surface area is 189 Å². The smallest absolute Gasteiger partial charge is 0.260 e. The fourth-order valence-corrected chi connectivity index (χ4v) is 3.39. The monoisotopic (exact) mass is 444 g/mol. The van der Waals surface area contributed by atoms with Crippen LogP contribution in [-0.4, -0.2) is 87.1 Å². The summed E-state index contributed by atoms with van der Waals surface area (Å²) in [5, 5.41) is 10.3. The minimum Gasteiger partial charge on any atom is -0.497 e. The van der Waals surface area contributed by atoms with Crippen molar-refractivity contribution < 1.29 is 28.8 Å². The summed E-state index contributed by atoms with van der Waals surface area (Å²) in [5.74, 6) is 2.09. The molecule has 2 aromatic rings. The van der Waals surface area contributed by atoms with Crippen LogP contribution >= 0.6 is 0 Å². The van der Waals surface area contributed by atoms with Gasteiger partial charge in [-0.05, 0) is 49.0 Å². The number of methoxy groups -OCH3 is 1. The molecule has 1 fully saturated rings. The summed E-state index contributed by atoms with van der Waals surface area (Å²) in [4.78, 5) is 15.9. The van der Waals surface area contributed by atoms with Gasteiger partial charge in [0.15, 0.2) is 6.61 Å². The van der Waals surface area contributed by atoms with Gasteiger partial charge in [-0.25, -0.2) is 0 Å². The second-order valence-electron chi connectivity index (χ2n) is 7.76. The molecule has 0 aliphatic carbocycles. The number of aliphatic hydroxyl groups is 1. The second kappa shape index (κ2) is 12.3. The van der Waals surface area contributed by atoms with Crippen LogP contribution in [0.2, 0.25) is 0 Å². The van der Waals surface area contributed by atoms with Crippen molar-refractivity contribution in [2.24, 2.45) is 0 Å². The van der Waals surface area contributed by atoms with Gasteiger partial charge in [-0.3, -0.25) is 9.69 Å². The van der Waals surface area contributed by atoms with Crippen molar-refractivity contribution in [3.63, 3.8) is 0 Å². The first-order chi connectivity index (χ1) is 15.5. The first-order valence-corrected chi connectivity index (χ1v) is 10.7. The molecule has 1 saturated heterocycles. The van der Waals surface area contributed by atoms with E-state index in [1.165, 1.54) is 0 Å². The van der Waals surface area contributed by atoms with Crippen molar-refractivity contribution in [2.45, 2.75) is 12.6 Å². The Hall–Kier alpha value is -2.81. The van der Waals surface area contributed by atoms with E-state index in [4.69, 9.17) is 18.9 Å². The van der Waals surface area contributed by atoms with E-state index in [9.17, 15) is 9.90 Å². The van der Waals surface area contributed by atoms with E-state index in [0.29, 0.717) is 50.9 Å². The van der Waals surface area contributed by atoms with E-state index in [1.807, 2.05) is 60.5 Å². The fourth-order valence-electron chi connectivity index (χ4n) is 3.39. The zero-order chi connectivity index (χ0) is 22.8. The first kappa shape index (κ1) is 23.8. The molecule has 32 heavy (non-hydrogen) atoms. The maximum absolute atomic E-state index is 12.2. The molecule has 8 heteroatoms. The number of amides is 1. The average molecular weight is 445 g/mol. The van der Waals surface area contributed by atoms with Crippen LogP contribution in [0.1, 0.15) is 5.56 Å². The molecule has 1 N–H and O–H groups in total. The third-order valence-electron chi connectivity index (χ3n) is 5.13. The molecule has 1 atom stereocenters. The van der Waals surface area contributed by atoms with Crippen LogP contribution < -0.4 is 14.2 Å². The predicted molar refractivity (Wildman–Crippen MR) is 120 cm³/mol. The number of nitrogens with zero attached hydrogens (tertiary/aromatic N) is 2. The molecule has 174 valence electrons. The number of benzene rings is 2. The van der Waals surface area contributed by atoms with Crippen molar-refractivity contribution in [1.82, 2.24) is 9.80 Å². The van der Waals surface area contributed by atoms with Gasteiger partial charge in [-0.2, -0.15) is 0 Å². The predicted octanol–water partition coefficient (Wildman–Crippen LogP) is 1.80. The van der Waals surface area contributed by atoms with E-state index >= 15 is 0 Å². The average Bonchev–Trinajstić information content (AvgIpc) is 2.83. The molecule has 2 aromatic carbocycles. The van der Waals surface area contributed by atoms with Gasteiger partial charge in [0.05, 0.1) is 20.3 Å². The molecule has 1 amide bonds. The highest BCUT2D eigenvalue weighted by Gasteiger charge is 2.17. The Morgan fingerprint density at radius 1 is 1.03 bits per heavy atom. The Balaban J connectivity index is 1.36. The molecular weight excluding hydrogens is 412 g/mol. The first-order valence-electron chi connectivity index (χ1n) is 10.7. The molecule has 0 saturated carbocycles. The van der Waals surface area contributed by atoms with Gasteiger partial charge in [0.25, 0.3) is 5.91 Å². The summed E-state index contributed by atoms with van der Waals surface area (Å²) in [6.45, 7) is 3.77. The standard InChI is InChI=1S/C24H32N2O6/c1-25(16-20(27)17-31-23-9-7-21(29-2)8-10-23)15-19-3-5-22(6-4-19)32-18-24(28)26-11-13-30-14-12-26/h3-10,20,27H,11-18H2,1-2H3/t20-/m0/s1. The summed E-state index contributed by atoms with van der Waals surface area (Å²) < 4.78 is 21.6. The highest BCUT2D eigenvalue weighted by atomic mass is 16.5. The maximum Gasteiger partial charge on any atom is 0.260 e. The molecule has 0 spiro atoms. The summed E-state index contributed by atoms with van der Waals surface area (Å²) in [7, 11) is 3.56. The van der Waals surface area contributed by atoms with E-state index in [1.54, 1.807) is 12.0 Å². The van der Waals surface area contributed by atoms with E-state index in [-0.39, 0.29) is 19.1 Å². The van der Waals surface area contributed by atoms with Gasteiger partial charge >= 0.3 is 0 Å². The minimum absolute atomic E-state index is 0.0250. The summed E-state index contributed by atoms with van der Waals surface area (Å²) in [6, 6.07) is 14.9. The van der Waals surface area contributed by atoms with Crippen molar-refractivity contribution in [1.29, 1.82) is 0 Å². The molecule has 3 rings (SSSR count). The van der Waals surface area contributed by atoms with E-state index in [2.05, 4.69) is 0 Å². The molecule has 8 nitrogen and oxygen atoms in total. The Morgan fingerprint density at radius 2 is 1.62 bits per heavy atom. The molecule has 1 heterocycles. The molecule has 1 aliphatic rings. The van der Waals surface area contributed by atoms with Crippen LogP contribution in [0, 0.1) is 0 Å². The molecule has 0 aromatic heterocycles. The largest absolute Gasteiger partial charge is 0.497 e. The van der Waals surface area contributed by atoms with Crippen LogP contribution in [0.4, 0.5) is 0 Å². The number of ether oxygens (including phenoxy) is 4. The zero-order valence-corrected chi connectivity index (χ0v) is 18.7. The van der Waals surface area contributed by atoms with Gasteiger partial charge in [-0.1, -0.05) is 12.1 Å². The highest BCUT2D eigenvalue weighted by Crippen LogP contribution is 2.17. The molecular formula is C24H32N2O6. The summed E-state index contributed by atoms with van der Waals surface area (Å²) in [5.41, 5.74) is 1.09. The fraction of sp³-hybridized carbons (Fsp3) is 0.458. The van der Waals surface area contributed by atoms with Crippen LogP contribution in [0.25, 0.3) is 0 Å². The van der Waals surface area contributed by atoms with Crippen molar-refractivity contribution in [2.75, 3.05) is 60.2 Å². The maximum atomic E-state index is 12.2. The number of carbonyl (C=O) groups excluding carboxylic acids is 1. The topological polar surface area (TPSA) is 80.7 Å². The molecule has 0 bridgehead atoms. The van der Waals surface area contributed by atoms with Crippen molar-refractivity contribution in [3.05, 3.63) is 54.1 Å². The lowest BCUT2D eigenvalue weighted by Gasteiger charge is -2.26. The van der Waals surface area contributed by atoms with Gasteiger partial charge in [0.2, 0.25) is 0 Å². The van der Waals surface area contributed by atoms with Gasteiger partial charge < -0.3 is 29.0 Å². The van der Waals surface area contributed by atoms with Crippen LogP contribution in [-0.2, 0) is 16.1 Å². The number of carbonyl (C=O) groups is 1. The molecule has 0 radical (unpaired) electrons. The van der Waals surface area contributed by atoms with E-state index in [0.717, 1.165) is 11.3 Å². The van der Waals surface area contributed by atoms with E-state index < -0.39 is 6.10 Å². The molecule has 1 aliphatic heterocycles. The Kier molecular flexibility index (Phi) is 9.15. The third kappa shape index (κ3) is 7.71. The van der Waals surface area contributed by atoms with Gasteiger partial charge in [0.1, 0.15) is 30.0 Å². The lowest BCUT2D eigenvalue weighted by Crippen LogP contribution is -2.42. The van der Waals surface area contributed by atoms with Crippen molar-refractivity contribution in [3.8, 4) is 17.2 Å². The van der Waals surface area contributed by atoms with Crippen LogP contribution in [0.3, 0.4) is 0 Å². The number of aliphatic hydroxyl groups excluding tert-OH is 1. The highest BCUT2D eigenvalue weighted by molar-refractivity contribution is 5.77. The third-order valence-corrected chi connectivity index (χ3v) is 5.13. The zero-order valence-electron chi connectivity index (χ0n) is 18.7. The SMILES string of the molecule is COc1ccc(OC[C@@H](O)CN(C)Cc2ccc(OCC(=O)N3CCOCC3)cc2)cc1. The number of likely N-dealkylation sites (N-methyl/N-ethyl adjacent to an activating group) is 1. The van der Waals surface area contributed by atoms with Gasteiger partial charge in [-0.15, -0.1) is 0 Å². The lowest BCUT2D eigenvalue weighted by atomic mass is 10.2. The summed E-state index contributed by atoms with van der Waals surface area (Å²) in [6.07, 6.45) is -0.615. The quantitative estimate of drug-likeness (QED) is 0.566. The van der Waals surface area contributed by atoms with Crippen molar-refractivity contribution >= 4 is 5.91 Å². The Bertz CT molecular complexity index is 821. The number of hydrogen-bond acceptors (Lipinski definition) is 7. The van der Waals surface area contributed by atoms with Gasteiger partial charge in [0, 0.05) is 26.2 Å².